The summed E-state index contributed by atoms with van der Waals surface area (Å²) in [6.07, 6.45) is 1.99. The minimum atomic E-state index is 0. The molecule has 19 heavy (non-hydrogen) atoms. The molecule has 108 valence electrons. The van der Waals surface area contributed by atoms with Crippen molar-refractivity contribution in [3.05, 3.63) is 29.8 Å². The third-order valence-corrected chi connectivity index (χ3v) is 2.61. The lowest BCUT2D eigenvalue weighted by atomic mass is 10.1. The fraction of sp³-hybridized carbons (Fsp3) is 0.500. The Bertz CT molecular complexity index is 378. The summed E-state index contributed by atoms with van der Waals surface area (Å²) < 4.78 is 0. The molecule has 1 aromatic rings. The summed E-state index contributed by atoms with van der Waals surface area (Å²) in [5.74, 6) is 1.31. The zero-order valence-corrected chi connectivity index (χ0v) is 14.5. The van der Waals surface area contributed by atoms with Gasteiger partial charge < -0.3 is 14.9 Å². The van der Waals surface area contributed by atoms with E-state index in [9.17, 15) is 5.11 Å². The predicted molar refractivity (Wildman–Crippen MR) is 91.5 cm³/mol. The highest BCUT2D eigenvalue weighted by Crippen LogP contribution is 2.11. The summed E-state index contributed by atoms with van der Waals surface area (Å²) in [6.45, 7) is 0.812. The van der Waals surface area contributed by atoms with E-state index in [-0.39, 0.29) is 24.0 Å². The summed E-state index contributed by atoms with van der Waals surface area (Å²) in [7, 11) is 8.00. The largest absolute Gasteiger partial charge is 0.508 e. The standard InChI is InChI=1S/C14H23N3O.HI/c1-16(2)14(17(3)4)15-11-5-6-12-7-9-13(18)10-8-12;/h7-10,18H,5-6,11H2,1-4H3;1H. The molecule has 0 amide bonds. The van der Waals surface area contributed by atoms with Gasteiger partial charge in [0.05, 0.1) is 0 Å². The number of hydrogen-bond donors (Lipinski definition) is 1. The van der Waals surface area contributed by atoms with Crippen LogP contribution in [-0.4, -0.2) is 55.6 Å². The van der Waals surface area contributed by atoms with E-state index in [1.54, 1.807) is 12.1 Å². The Morgan fingerprint density at radius 3 is 2.05 bits per heavy atom. The van der Waals surface area contributed by atoms with Gasteiger partial charge in [0.2, 0.25) is 0 Å². The van der Waals surface area contributed by atoms with Crippen molar-refractivity contribution in [2.24, 2.45) is 4.99 Å². The number of halogens is 1. The quantitative estimate of drug-likeness (QED) is 0.379. The Morgan fingerprint density at radius 1 is 1.05 bits per heavy atom. The first kappa shape index (κ1) is 18.0. The molecule has 5 heteroatoms. The van der Waals surface area contributed by atoms with Crippen molar-refractivity contribution in [2.45, 2.75) is 12.8 Å². The Kier molecular flexibility index (Phi) is 8.54. The number of rotatable bonds is 4. The second-order valence-electron chi connectivity index (χ2n) is 4.74. The highest BCUT2D eigenvalue weighted by Gasteiger charge is 2.03. The minimum Gasteiger partial charge on any atom is -0.508 e. The number of nitrogens with zero attached hydrogens (tertiary/aromatic N) is 3. The SMILES string of the molecule is CN(C)C(=NCCCc1ccc(O)cc1)N(C)C.I. The lowest BCUT2D eigenvalue weighted by Gasteiger charge is -2.22. The van der Waals surface area contributed by atoms with E-state index in [0.717, 1.165) is 25.3 Å². The topological polar surface area (TPSA) is 39.1 Å². The molecule has 0 aliphatic rings. The van der Waals surface area contributed by atoms with Crippen molar-refractivity contribution in [2.75, 3.05) is 34.7 Å². The number of benzene rings is 1. The van der Waals surface area contributed by atoms with Crippen LogP contribution in [0.1, 0.15) is 12.0 Å². The second-order valence-corrected chi connectivity index (χ2v) is 4.74. The Hall–Kier alpha value is -0.980. The van der Waals surface area contributed by atoms with Gasteiger partial charge in [-0.3, -0.25) is 4.99 Å². The van der Waals surface area contributed by atoms with Gasteiger partial charge in [-0.1, -0.05) is 12.1 Å². The molecule has 0 radical (unpaired) electrons. The third kappa shape index (κ3) is 6.66. The van der Waals surface area contributed by atoms with Gasteiger partial charge in [-0.25, -0.2) is 0 Å². The van der Waals surface area contributed by atoms with Crippen LogP contribution in [0.5, 0.6) is 5.75 Å². The summed E-state index contributed by atoms with van der Waals surface area (Å²) in [5.41, 5.74) is 1.24. The maximum atomic E-state index is 9.19. The molecule has 0 aliphatic heterocycles. The van der Waals surface area contributed by atoms with E-state index in [1.807, 2.05) is 50.1 Å². The van der Waals surface area contributed by atoms with Crippen molar-refractivity contribution in [3.8, 4) is 5.75 Å². The molecule has 0 aromatic heterocycles. The molecular weight excluding hydrogens is 353 g/mol. The van der Waals surface area contributed by atoms with Crippen molar-refractivity contribution >= 4 is 29.9 Å². The van der Waals surface area contributed by atoms with Crippen LogP contribution in [0.2, 0.25) is 0 Å². The summed E-state index contributed by atoms with van der Waals surface area (Å²) in [4.78, 5) is 8.60. The number of phenols is 1. The van der Waals surface area contributed by atoms with Gasteiger partial charge >= 0.3 is 0 Å². The average Bonchev–Trinajstić information content (AvgIpc) is 2.30. The van der Waals surface area contributed by atoms with Crippen molar-refractivity contribution in [1.82, 2.24) is 9.80 Å². The van der Waals surface area contributed by atoms with Crippen molar-refractivity contribution < 1.29 is 5.11 Å². The number of aromatic hydroxyl groups is 1. The van der Waals surface area contributed by atoms with E-state index >= 15 is 0 Å². The van der Waals surface area contributed by atoms with Gasteiger partial charge in [-0.15, -0.1) is 24.0 Å². The van der Waals surface area contributed by atoms with E-state index < -0.39 is 0 Å². The van der Waals surface area contributed by atoms with Gasteiger partial charge in [0, 0.05) is 34.7 Å². The monoisotopic (exact) mass is 377 g/mol. The van der Waals surface area contributed by atoms with Crippen LogP contribution in [0.4, 0.5) is 0 Å². The first-order valence-electron chi connectivity index (χ1n) is 6.17. The molecule has 1 N–H and O–H groups in total. The van der Waals surface area contributed by atoms with Gasteiger partial charge in [0.1, 0.15) is 5.75 Å². The van der Waals surface area contributed by atoms with E-state index in [0.29, 0.717) is 5.75 Å². The van der Waals surface area contributed by atoms with Crippen molar-refractivity contribution in [3.63, 3.8) is 0 Å². The Balaban J connectivity index is 0.00000324. The number of phenolic OH excluding ortho intramolecular Hbond substituents is 1. The molecule has 0 unspecified atom stereocenters. The number of guanidine groups is 1. The van der Waals surface area contributed by atoms with Crippen molar-refractivity contribution in [1.29, 1.82) is 0 Å². The molecule has 0 saturated heterocycles. The highest BCUT2D eigenvalue weighted by molar-refractivity contribution is 14.0. The zero-order chi connectivity index (χ0) is 13.5. The van der Waals surface area contributed by atoms with Gasteiger partial charge in [-0.2, -0.15) is 0 Å². The fourth-order valence-electron chi connectivity index (χ4n) is 1.81. The van der Waals surface area contributed by atoms with E-state index in [2.05, 4.69) is 4.99 Å². The number of hydrogen-bond acceptors (Lipinski definition) is 2. The Labute approximate surface area is 133 Å². The van der Waals surface area contributed by atoms with Crippen LogP contribution in [0.25, 0.3) is 0 Å². The zero-order valence-electron chi connectivity index (χ0n) is 12.1. The molecule has 0 saturated carbocycles. The first-order valence-corrected chi connectivity index (χ1v) is 6.17. The maximum absolute atomic E-state index is 9.19. The molecule has 1 rings (SSSR count). The molecule has 0 aliphatic carbocycles. The molecule has 0 spiro atoms. The fourth-order valence-corrected chi connectivity index (χ4v) is 1.81. The van der Waals surface area contributed by atoms with Crippen LogP contribution >= 0.6 is 24.0 Å². The number of aliphatic imine (C=N–C) groups is 1. The lowest BCUT2D eigenvalue weighted by Crippen LogP contribution is -2.35. The summed E-state index contributed by atoms with van der Waals surface area (Å²) in [5, 5.41) is 9.19. The van der Waals surface area contributed by atoms with Crippen LogP contribution in [-0.2, 0) is 6.42 Å². The molecule has 0 atom stereocenters. The first-order chi connectivity index (χ1) is 8.50. The predicted octanol–water partition coefficient (Wildman–Crippen LogP) is 2.42. The molecular formula is C14H24IN3O. The van der Waals surface area contributed by atoms with E-state index in [1.165, 1.54) is 5.56 Å². The van der Waals surface area contributed by atoms with Gasteiger partial charge in [-0.05, 0) is 30.5 Å². The highest BCUT2D eigenvalue weighted by atomic mass is 127. The van der Waals surface area contributed by atoms with Crippen LogP contribution in [0.15, 0.2) is 29.3 Å². The van der Waals surface area contributed by atoms with Gasteiger partial charge in [0.25, 0.3) is 0 Å². The van der Waals surface area contributed by atoms with Crippen LogP contribution in [0.3, 0.4) is 0 Å². The Morgan fingerprint density at radius 2 is 1.58 bits per heavy atom. The molecule has 4 nitrogen and oxygen atoms in total. The second kappa shape index (κ2) is 9.01. The molecule has 1 aromatic carbocycles. The lowest BCUT2D eigenvalue weighted by molar-refractivity contribution is 0.475. The third-order valence-electron chi connectivity index (χ3n) is 2.61. The molecule has 0 heterocycles. The summed E-state index contributed by atoms with van der Waals surface area (Å²) in [6, 6.07) is 7.36. The maximum Gasteiger partial charge on any atom is 0.195 e. The smallest absolute Gasteiger partial charge is 0.195 e. The minimum absolute atomic E-state index is 0. The number of aryl methyl sites for hydroxylation is 1. The molecule has 0 bridgehead atoms. The van der Waals surface area contributed by atoms with Gasteiger partial charge in [0.15, 0.2) is 5.96 Å². The van der Waals surface area contributed by atoms with Crippen LogP contribution in [0, 0.1) is 0 Å². The normalized spacial score (nSPS) is 9.47. The average molecular weight is 377 g/mol. The molecule has 0 fully saturated rings. The summed E-state index contributed by atoms with van der Waals surface area (Å²) >= 11 is 0. The van der Waals surface area contributed by atoms with Crippen LogP contribution < -0.4 is 0 Å². The van der Waals surface area contributed by atoms with E-state index in [4.69, 9.17) is 0 Å².